The molecule has 3 amide bonds. The summed E-state index contributed by atoms with van der Waals surface area (Å²) in [6, 6.07) is 6.24. The molecule has 0 bridgehead atoms. The zero-order valence-electron chi connectivity index (χ0n) is 11.8. The number of aliphatic carboxylic acids is 1. The summed E-state index contributed by atoms with van der Waals surface area (Å²) in [5, 5.41) is 13.4. The fraction of sp³-hybridized carbons (Fsp3) is 0.357. The molecule has 0 aliphatic rings. The first-order valence-corrected chi connectivity index (χ1v) is 7.05. The molecule has 3 N–H and O–H groups in total. The Morgan fingerprint density at radius 3 is 2.24 bits per heavy atom. The maximum Gasteiger partial charge on any atom is 0.325 e. The molecule has 1 rings (SSSR count). The van der Waals surface area contributed by atoms with Crippen LogP contribution in [0.4, 0.5) is 10.5 Å². The van der Waals surface area contributed by atoms with Crippen molar-refractivity contribution in [2.75, 3.05) is 5.32 Å². The van der Waals surface area contributed by atoms with Gasteiger partial charge in [0.05, 0.1) is 6.42 Å². The minimum absolute atomic E-state index is 0.0486. The van der Waals surface area contributed by atoms with E-state index in [1.54, 1.807) is 38.1 Å². The van der Waals surface area contributed by atoms with E-state index in [1.807, 2.05) is 0 Å². The van der Waals surface area contributed by atoms with Gasteiger partial charge in [-0.05, 0) is 29.7 Å². The van der Waals surface area contributed by atoms with Crippen molar-refractivity contribution in [2.24, 2.45) is 5.41 Å². The number of carboxylic acids is 1. The fourth-order valence-electron chi connectivity index (χ4n) is 1.77. The highest BCUT2D eigenvalue weighted by atomic mass is 79.9. The van der Waals surface area contributed by atoms with Gasteiger partial charge in [0.25, 0.3) is 0 Å². The average molecular weight is 357 g/mol. The summed E-state index contributed by atoms with van der Waals surface area (Å²) in [5.74, 6) is -1.50. The van der Waals surface area contributed by atoms with Gasteiger partial charge in [-0.15, -0.1) is 0 Å². The quantitative estimate of drug-likeness (QED) is 0.755. The number of carbonyl (C=O) groups is 3. The monoisotopic (exact) mass is 356 g/mol. The van der Waals surface area contributed by atoms with Crippen molar-refractivity contribution in [3.63, 3.8) is 0 Å². The summed E-state index contributed by atoms with van der Waals surface area (Å²) in [5.41, 5.74) is -0.165. The lowest BCUT2D eigenvalue weighted by Gasteiger charge is -2.21. The molecule has 21 heavy (non-hydrogen) atoms. The second-order valence-corrected chi connectivity index (χ2v) is 6.34. The molecule has 1 aromatic carbocycles. The van der Waals surface area contributed by atoms with Gasteiger partial charge in [0.2, 0.25) is 5.91 Å². The standard InChI is InChI=1S/C14H17BrN2O4/c1-14(2,8-12(19)20)7-11(18)17-13(21)16-10-5-3-9(15)4-6-10/h3-6H,7-8H2,1-2H3,(H,19,20)(H2,16,17,18,21). The predicted octanol–water partition coefficient (Wildman–Crippen LogP) is 2.99. The molecule has 6 nitrogen and oxygen atoms in total. The van der Waals surface area contributed by atoms with Crippen molar-refractivity contribution in [3.8, 4) is 0 Å². The molecule has 0 unspecified atom stereocenters. The lowest BCUT2D eigenvalue weighted by atomic mass is 9.85. The molecule has 0 aliphatic carbocycles. The van der Waals surface area contributed by atoms with Crippen molar-refractivity contribution in [1.82, 2.24) is 5.32 Å². The number of carboxylic acid groups (broad SMARTS) is 1. The zero-order chi connectivity index (χ0) is 16.0. The van der Waals surface area contributed by atoms with Gasteiger partial charge in [-0.1, -0.05) is 29.8 Å². The number of rotatable bonds is 5. The molecule has 114 valence electrons. The Morgan fingerprint density at radius 2 is 1.71 bits per heavy atom. The van der Waals surface area contributed by atoms with Crippen LogP contribution in [0.25, 0.3) is 0 Å². The molecule has 0 fully saturated rings. The predicted molar refractivity (Wildman–Crippen MR) is 82.0 cm³/mol. The van der Waals surface area contributed by atoms with E-state index in [9.17, 15) is 14.4 Å². The van der Waals surface area contributed by atoms with Gasteiger partial charge in [0, 0.05) is 16.6 Å². The van der Waals surface area contributed by atoms with E-state index in [0.29, 0.717) is 5.69 Å². The summed E-state index contributed by atoms with van der Waals surface area (Å²) in [6.45, 7) is 3.32. The van der Waals surface area contributed by atoms with E-state index in [1.165, 1.54) is 0 Å². The van der Waals surface area contributed by atoms with Crippen molar-refractivity contribution >= 4 is 39.5 Å². The van der Waals surface area contributed by atoms with Crippen LogP contribution in [0.3, 0.4) is 0 Å². The second kappa shape index (κ2) is 7.21. The van der Waals surface area contributed by atoms with Crippen molar-refractivity contribution < 1.29 is 19.5 Å². The van der Waals surface area contributed by atoms with E-state index in [-0.39, 0.29) is 12.8 Å². The lowest BCUT2D eigenvalue weighted by molar-refractivity contribution is -0.139. The lowest BCUT2D eigenvalue weighted by Crippen LogP contribution is -2.37. The Labute approximate surface area is 131 Å². The van der Waals surface area contributed by atoms with Crippen LogP contribution in [-0.4, -0.2) is 23.0 Å². The minimum Gasteiger partial charge on any atom is -0.481 e. The third kappa shape index (κ3) is 6.89. The Hall–Kier alpha value is -1.89. The van der Waals surface area contributed by atoms with E-state index in [0.717, 1.165) is 4.47 Å². The van der Waals surface area contributed by atoms with E-state index < -0.39 is 23.3 Å². The summed E-state index contributed by atoms with van der Waals surface area (Å²) in [4.78, 5) is 34.0. The number of amides is 3. The van der Waals surface area contributed by atoms with Crippen LogP contribution >= 0.6 is 15.9 Å². The van der Waals surface area contributed by atoms with Gasteiger partial charge in [-0.3, -0.25) is 14.9 Å². The molecule has 0 radical (unpaired) electrons. The number of anilines is 1. The van der Waals surface area contributed by atoms with E-state index in [2.05, 4.69) is 26.6 Å². The van der Waals surface area contributed by atoms with Crippen molar-refractivity contribution in [1.29, 1.82) is 0 Å². The molecule has 0 atom stereocenters. The molecule has 0 aromatic heterocycles. The molecule has 0 spiro atoms. The normalized spacial score (nSPS) is 10.8. The number of halogens is 1. The van der Waals surface area contributed by atoms with Crippen molar-refractivity contribution in [2.45, 2.75) is 26.7 Å². The Balaban J connectivity index is 2.49. The SMILES string of the molecule is CC(C)(CC(=O)O)CC(=O)NC(=O)Nc1ccc(Br)cc1. The smallest absolute Gasteiger partial charge is 0.325 e. The summed E-state index contributed by atoms with van der Waals surface area (Å²) in [6.07, 6.45) is -0.193. The van der Waals surface area contributed by atoms with Crippen molar-refractivity contribution in [3.05, 3.63) is 28.7 Å². The molecule has 0 aliphatic heterocycles. The summed E-state index contributed by atoms with van der Waals surface area (Å²) >= 11 is 3.27. The highest BCUT2D eigenvalue weighted by Crippen LogP contribution is 2.24. The van der Waals surface area contributed by atoms with Crippen LogP contribution in [0.5, 0.6) is 0 Å². The topological polar surface area (TPSA) is 95.5 Å². The minimum atomic E-state index is -0.980. The Bertz CT molecular complexity index is 540. The third-order valence-electron chi connectivity index (χ3n) is 2.62. The Kier molecular flexibility index (Phi) is 5.90. The third-order valence-corrected chi connectivity index (χ3v) is 3.15. The molecular weight excluding hydrogens is 340 g/mol. The number of imide groups is 1. The summed E-state index contributed by atoms with van der Waals surface area (Å²) in [7, 11) is 0. The first-order chi connectivity index (χ1) is 9.68. The number of benzene rings is 1. The van der Waals surface area contributed by atoms with Gasteiger partial charge >= 0.3 is 12.0 Å². The first-order valence-electron chi connectivity index (χ1n) is 6.26. The average Bonchev–Trinajstić information content (AvgIpc) is 2.28. The molecule has 0 heterocycles. The Morgan fingerprint density at radius 1 is 1.14 bits per heavy atom. The number of hydrogen-bond donors (Lipinski definition) is 3. The summed E-state index contributed by atoms with van der Waals surface area (Å²) < 4.78 is 0.875. The van der Waals surface area contributed by atoms with Gasteiger partial charge in [0.15, 0.2) is 0 Å². The molecule has 0 saturated heterocycles. The van der Waals surface area contributed by atoms with E-state index >= 15 is 0 Å². The van der Waals surface area contributed by atoms with Crippen LogP contribution in [0.15, 0.2) is 28.7 Å². The highest BCUT2D eigenvalue weighted by molar-refractivity contribution is 9.10. The molecular formula is C14H17BrN2O4. The number of nitrogens with one attached hydrogen (secondary N) is 2. The first kappa shape index (κ1) is 17.2. The second-order valence-electron chi connectivity index (χ2n) is 5.42. The fourth-order valence-corrected chi connectivity index (χ4v) is 2.04. The molecule has 7 heteroatoms. The maximum absolute atomic E-state index is 11.7. The largest absolute Gasteiger partial charge is 0.481 e. The highest BCUT2D eigenvalue weighted by Gasteiger charge is 2.25. The van der Waals surface area contributed by atoms with Crippen LogP contribution in [-0.2, 0) is 9.59 Å². The number of urea groups is 1. The van der Waals surface area contributed by atoms with Crippen LogP contribution in [0, 0.1) is 5.41 Å². The van der Waals surface area contributed by atoms with Crippen LogP contribution in [0.1, 0.15) is 26.7 Å². The van der Waals surface area contributed by atoms with Crippen LogP contribution in [0.2, 0.25) is 0 Å². The number of carbonyl (C=O) groups excluding carboxylic acids is 2. The van der Waals surface area contributed by atoms with Gasteiger partial charge in [-0.25, -0.2) is 4.79 Å². The van der Waals surface area contributed by atoms with Gasteiger partial charge in [-0.2, -0.15) is 0 Å². The maximum atomic E-state index is 11.7. The zero-order valence-corrected chi connectivity index (χ0v) is 13.4. The van der Waals surface area contributed by atoms with E-state index in [4.69, 9.17) is 5.11 Å². The van der Waals surface area contributed by atoms with Crippen LogP contribution < -0.4 is 10.6 Å². The molecule has 1 aromatic rings. The molecule has 0 saturated carbocycles. The van der Waals surface area contributed by atoms with Gasteiger partial charge < -0.3 is 10.4 Å². The van der Waals surface area contributed by atoms with Gasteiger partial charge in [0.1, 0.15) is 0 Å². The number of hydrogen-bond acceptors (Lipinski definition) is 3.